The summed E-state index contributed by atoms with van der Waals surface area (Å²) in [5.74, 6) is 1.26. The summed E-state index contributed by atoms with van der Waals surface area (Å²) in [6, 6.07) is 15.2. The first-order valence-electron chi connectivity index (χ1n) is 9.40. The monoisotopic (exact) mass is 375 g/mol. The molecule has 1 amide bonds. The number of ether oxygens (including phenoxy) is 2. The second-order valence-corrected chi connectivity index (χ2v) is 6.79. The Morgan fingerprint density at radius 1 is 1.14 bits per heavy atom. The fraction of sp³-hybridized carbons (Fsp3) is 0.273. The van der Waals surface area contributed by atoms with E-state index in [2.05, 4.69) is 11.4 Å². The fourth-order valence-electron chi connectivity index (χ4n) is 3.38. The molecule has 1 aromatic carbocycles. The Balaban J connectivity index is 1.41. The van der Waals surface area contributed by atoms with Gasteiger partial charge in [0.1, 0.15) is 24.2 Å². The molecule has 1 aliphatic heterocycles. The third-order valence-electron chi connectivity index (χ3n) is 4.86. The van der Waals surface area contributed by atoms with E-state index in [9.17, 15) is 10.1 Å². The lowest BCUT2D eigenvalue weighted by atomic mass is 10.2. The van der Waals surface area contributed by atoms with Crippen LogP contribution in [-0.4, -0.2) is 23.0 Å². The van der Waals surface area contributed by atoms with Crippen molar-refractivity contribution in [1.82, 2.24) is 9.72 Å². The van der Waals surface area contributed by atoms with Gasteiger partial charge in [-0.3, -0.25) is 4.79 Å². The third-order valence-corrected chi connectivity index (χ3v) is 4.86. The molecule has 28 heavy (non-hydrogen) atoms. The highest BCUT2D eigenvalue weighted by atomic mass is 16.5. The van der Waals surface area contributed by atoms with E-state index in [0.717, 1.165) is 30.3 Å². The standard InChI is InChI=1S/C22H21N3O3/c23-13-19-16(14-25-12-4-2-5-20(19)25)15-27-17-7-9-18(10-8-17)28-21-6-1-3-11-24-22(21)26/h2,4-5,7-10,12,14,21H,1,3,6,11,15H2,(H,24,26)/t21-/m0/s1. The smallest absolute Gasteiger partial charge is 0.261 e. The van der Waals surface area contributed by atoms with Crippen LogP contribution in [0.5, 0.6) is 11.5 Å². The van der Waals surface area contributed by atoms with Gasteiger partial charge in [0.2, 0.25) is 0 Å². The van der Waals surface area contributed by atoms with Crippen LogP contribution in [0, 0.1) is 11.3 Å². The zero-order chi connectivity index (χ0) is 19.3. The molecule has 0 saturated carbocycles. The van der Waals surface area contributed by atoms with Crippen LogP contribution in [-0.2, 0) is 11.4 Å². The first-order valence-corrected chi connectivity index (χ1v) is 9.40. The molecule has 6 heteroatoms. The minimum absolute atomic E-state index is 0.0531. The van der Waals surface area contributed by atoms with Gasteiger partial charge in [-0.2, -0.15) is 5.26 Å². The van der Waals surface area contributed by atoms with E-state index < -0.39 is 6.10 Å². The number of fused-ring (bicyclic) bond motifs is 1. The Bertz CT molecular complexity index is 1020. The highest BCUT2D eigenvalue weighted by molar-refractivity contribution is 5.81. The predicted molar refractivity (Wildman–Crippen MR) is 104 cm³/mol. The maximum atomic E-state index is 12.0. The Morgan fingerprint density at radius 3 is 2.79 bits per heavy atom. The van der Waals surface area contributed by atoms with E-state index in [1.807, 2.05) is 47.1 Å². The first kappa shape index (κ1) is 17.9. The summed E-state index contributed by atoms with van der Waals surface area (Å²) < 4.78 is 13.6. The molecule has 1 N–H and O–H groups in total. The first-order chi connectivity index (χ1) is 13.7. The second kappa shape index (κ2) is 8.05. The van der Waals surface area contributed by atoms with Crippen molar-refractivity contribution in [3.63, 3.8) is 0 Å². The van der Waals surface area contributed by atoms with Gasteiger partial charge in [-0.25, -0.2) is 0 Å². The lowest BCUT2D eigenvalue weighted by Gasteiger charge is -2.16. The number of nitrogens with one attached hydrogen (secondary N) is 1. The quantitative estimate of drug-likeness (QED) is 0.741. The molecule has 0 aliphatic carbocycles. The van der Waals surface area contributed by atoms with Gasteiger partial charge in [0, 0.05) is 24.5 Å². The highest BCUT2D eigenvalue weighted by Crippen LogP contribution is 2.23. The van der Waals surface area contributed by atoms with Crippen LogP contribution < -0.4 is 14.8 Å². The van der Waals surface area contributed by atoms with E-state index in [1.165, 1.54) is 0 Å². The summed E-state index contributed by atoms with van der Waals surface area (Å²) >= 11 is 0. The molecular weight excluding hydrogens is 354 g/mol. The molecule has 3 heterocycles. The largest absolute Gasteiger partial charge is 0.489 e. The van der Waals surface area contributed by atoms with E-state index in [1.54, 1.807) is 12.1 Å². The van der Waals surface area contributed by atoms with Gasteiger partial charge in [-0.05, 0) is 55.7 Å². The van der Waals surface area contributed by atoms with Crippen LogP contribution in [0.2, 0.25) is 0 Å². The maximum Gasteiger partial charge on any atom is 0.261 e. The minimum Gasteiger partial charge on any atom is -0.489 e. The summed E-state index contributed by atoms with van der Waals surface area (Å²) in [5.41, 5.74) is 2.33. The van der Waals surface area contributed by atoms with Crippen molar-refractivity contribution >= 4 is 11.4 Å². The number of carbonyl (C=O) groups excluding carboxylic acids is 1. The number of carbonyl (C=O) groups is 1. The van der Waals surface area contributed by atoms with Gasteiger partial charge in [-0.15, -0.1) is 0 Å². The SMILES string of the molecule is N#Cc1c(COc2ccc(O[C@H]3CCCCNC3=O)cc2)cn2ccccc12. The summed E-state index contributed by atoms with van der Waals surface area (Å²) in [6.07, 6.45) is 6.06. The van der Waals surface area contributed by atoms with E-state index in [0.29, 0.717) is 30.2 Å². The Morgan fingerprint density at radius 2 is 1.96 bits per heavy atom. The number of aromatic nitrogens is 1. The second-order valence-electron chi connectivity index (χ2n) is 6.79. The van der Waals surface area contributed by atoms with E-state index in [4.69, 9.17) is 9.47 Å². The Hall–Kier alpha value is -3.46. The highest BCUT2D eigenvalue weighted by Gasteiger charge is 2.22. The van der Waals surface area contributed by atoms with Crippen LogP contribution in [0.1, 0.15) is 30.4 Å². The third kappa shape index (κ3) is 3.79. The molecule has 0 spiro atoms. The molecule has 6 nitrogen and oxygen atoms in total. The molecule has 1 fully saturated rings. The van der Waals surface area contributed by atoms with Crippen LogP contribution in [0.4, 0.5) is 0 Å². The molecular formula is C22H21N3O3. The Kier molecular flexibility index (Phi) is 5.16. The van der Waals surface area contributed by atoms with Gasteiger partial charge >= 0.3 is 0 Å². The average Bonchev–Trinajstić information content (AvgIpc) is 2.96. The summed E-state index contributed by atoms with van der Waals surface area (Å²) in [5, 5.41) is 12.3. The molecule has 0 unspecified atom stereocenters. The molecule has 1 saturated heterocycles. The number of hydrogen-bond acceptors (Lipinski definition) is 4. The number of nitrogens with zero attached hydrogens (tertiary/aromatic N) is 2. The molecule has 142 valence electrons. The number of amides is 1. The predicted octanol–water partition coefficient (Wildman–Crippen LogP) is 3.44. The molecule has 0 radical (unpaired) electrons. The van der Waals surface area contributed by atoms with Crippen molar-refractivity contribution in [3.8, 4) is 17.6 Å². The van der Waals surface area contributed by atoms with Crippen molar-refractivity contribution in [2.45, 2.75) is 32.0 Å². The molecule has 3 aromatic rings. The molecule has 1 aliphatic rings. The average molecular weight is 375 g/mol. The number of nitriles is 1. The zero-order valence-corrected chi connectivity index (χ0v) is 15.4. The lowest BCUT2D eigenvalue weighted by molar-refractivity contribution is -0.127. The van der Waals surface area contributed by atoms with Gasteiger partial charge in [-0.1, -0.05) is 6.07 Å². The summed E-state index contributed by atoms with van der Waals surface area (Å²) in [4.78, 5) is 12.0. The topological polar surface area (TPSA) is 75.8 Å². The van der Waals surface area contributed by atoms with Crippen LogP contribution in [0.3, 0.4) is 0 Å². The van der Waals surface area contributed by atoms with Crippen molar-refractivity contribution in [2.75, 3.05) is 6.54 Å². The summed E-state index contributed by atoms with van der Waals surface area (Å²) in [6.45, 7) is 1.01. The Labute approximate surface area is 163 Å². The van der Waals surface area contributed by atoms with Crippen LogP contribution in [0.15, 0.2) is 54.9 Å². The van der Waals surface area contributed by atoms with Crippen molar-refractivity contribution in [1.29, 1.82) is 5.26 Å². The molecule has 1 atom stereocenters. The fourth-order valence-corrected chi connectivity index (χ4v) is 3.38. The lowest BCUT2D eigenvalue weighted by Crippen LogP contribution is -2.36. The van der Waals surface area contributed by atoms with Gasteiger partial charge in [0.05, 0.1) is 11.1 Å². The molecule has 2 aromatic heterocycles. The van der Waals surface area contributed by atoms with Gasteiger partial charge in [0.25, 0.3) is 5.91 Å². The van der Waals surface area contributed by atoms with Gasteiger partial charge in [0.15, 0.2) is 6.10 Å². The van der Waals surface area contributed by atoms with Crippen molar-refractivity contribution < 1.29 is 14.3 Å². The van der Waals surface area contributed by atoms with Gasteiger partial charge < -0.3 is 19.2 Å². The molecule has 4 rings (SSSR count). The summed E-state index contributed by atoms with van der Waals surface area (Å²) in [7, 11) is 0. The molecule has 0 bridgehead atoms. The normalized spacial score (nSPS) is 16.8. The minimum atomic E-state index is -0.443. The van der Waals surface area contributed by atoms with Crippen molar-refractivity contribution in [3.05, 3.63) is 66.0 Å². The number of benzene rings is 1. The van der Waals surface area contributed by atoms with Crippen LogP contribution in [0.25, 0.3) is 5.52 Å². The number of rotatable bonds is 5. The van der Waals surface area contributed by atoms with E-state index in [-0.39, 0.29) is 5.91 Å². The number of pyridine rings is 1. The maximum absolute atomic E-state index is 12.0. The van der Waals surface area contributed by atoms with Crippen molar-refractivity contribution in [2.24, 2.45) is 0 Å². The van der Waals surface area contributed by atoms with Crippen LogP contribution >= 0.6 is 0 Å². The number of hydrogen-bond donors (Lipinski definition) is 1. The van der Waals surface area contributed by atoms with E-state index >= 15 is 0 Å². The zero-order valence-electron chi connectivity index (χ0n) is 15.4.